The summed E-state index contributed by atoms with van der Waals surface area (Å²) in [5, 5.41) is 7.19. The molecule has 2 N–H and O–H groups in total. The van der Waals surface area contributed by atoms with Gasteiger partial charge in [0.25, 0.3) is 6.02 Å². The summed E-state index contributed by atoms with van der Waals surface area (Å²) in [7, 11) is -0.873. The fraction of sp³-hybridized carbons (Fsp3) is 0.273. The molecule has 1 heterocycles. The molecule has 0 amide bonds. The van der Waals surface area contributed by atoms with Gasteiger partial charge in [-0.1, -0.05) is 23.3 Å². The van der Waals surface area contributed by atoms with E-state index in [0.717, 1.165) is 0 Å². The van der Waals surface area contributed by atoms with Crippen LogP contribution in [-0.4, -0.2) is 32.3 Å². The van der Waals surface area contributed by atoms with E-state index in [9.17, 15) is 4.39 Å². The largest absolute Gasteiger partial charge is 0.715 e. The first-order valence-electron chi connectivity index (χ1n) is 5.70. The van der Waals surface area contributed by atoms with Crippen LogP contribution in [0.1, 0.15) is 12.5 Å². The fourth-order valence-electron chi connectivity index (χ4n) is 1.39. The summed E-state index contributed by atoms with van der Waals surface area (Å²) in [5.74, 6) is -0.391. The Morgan fingerprint density at radius 1 is 1.58 bits per heavy atom. The minimum atomic E-state index is -0.873. The lowest BCUT2D eigenvalue weighted by atomic mass is 10.2. The molecule has 0 spiro atoms. The molecule has 1 aliphatic heterocycles. The van der Waals surface area contributed by atoms with Crippen LogP contribution >= 0.6 is 0 Å². The minimum absolute atomic E-state index is 0.0558. The molecule has 2 rings (SSSR count). The van der Waals surface area contributed by atoms with Crippen molar-refractivity contribution in [3.05, 3.63) is 35.6 Å². The summed E-state index contributed by atoms with van der Waals surface area (Å²) in [4.78, 5) is 0. The maximum Gasteiger partial charge on any atom is 0.715 e. The number of nitrogens with two attached hydrogens (primary N) is 1. The molecular weight excluding hydrogens is 252 g/mol. The van der Waals surface area contributed by atoms with Gasteiger partial charge in [0.2, 0.25) is 0 Å². The molecule has 100 valence electrons. The lowest BCUT2D eigenvalue weighted by Crippen LogP contribution is -2.29. The van der Waals surface area contributed by atoms with Gasteiger partial charge in [-0.15, -0.1) is 0 Å². The third-order valence-corrected chi connectivity index (χ3v) is 2.29. The van der Waals surface area contributed by atoms with Gasteiger partial charge < -0.3 is 19.7 Å². The lowest BCUT2D eigenvalue weighted by molar-refractivity contribution is 0.227. The average Bonchev–Trinajstić information content (AvgIpc) is 2.77. The Morgan fingerprint density at radius 2 is 2.37 bits per heavy atom. The first-order chi connectivity index (χ1) is 9.15. The van der Waals surface area contributed by atoms with Crippen LogP contribution in [0, 0.1) is 5.82 Å². The second kappa shape index (κ2) is 6.30. The van der Waals surface area contributed by atoms with Crippen molar-refractivity contribution >= 4 is 19.6 Å². The van der Waals surface area contributed by atoms with Crippen molar-refractivity contribution in [1.29, 1.82) is 0 Å². The SMILES string of the molecule is CC1COB(O/C(N)=N\N=C/c2ccccc2F)O1. The number of amidine groups is 1. The highest BCUT2D eigenvalue weighted by molar-refractivity contribution is 6.39. The van der Waals surface area contributed by atoms with E-state index in [1.165, 1.54) is 12.3 Å². The van der Waals surface area contributed by atoms with Crippen LogP contribution in [0.2, 0.25) is 0 Å². The molecule has 0 aromatic heterocycles. The van der Waals surface area contributed by atoms with Crippen molar-refractivity contribution in [1.82, 2.24) is 0 Å². The third-order valence-electron chi connectivity index (χ3n) is 2.29. The van der Waals surface area contributed by atoms with Crippen LogP contribution in [0.5, 0.6) is 0 Å². The maximum absolute atomic E-state index is 13.2. The Labute approximate surface area is 110 Å². The van der Waals surface area contributed by atoms with Gasteiger partial charge in [-0.3, -0.25) is 0 Å². The second-order valence-electron chi connectivity index (χ2n) is 3.89. The molecule has 1 aliphatic rings. The van der Waals surface area contributed by atoms with Gasteiger partial charge in [0.15, 0.2) is 0 Å². The van der Waals surface area contributed by atoms with E-state index >= 15 is 0 Å². The highest BCUT2D eigenvalue weighted by Crippen LogP contribution is 2.08. The maximum atomic E-state index is 13.2. The van der Waals surface area contributed by atoms with Crippen LogP contribution in [-0.2, 0) is 14.0 Å². The van der Waals surface area contributed by atoms with Crippen molar-refractivity contribution in [2.75, 3.05) is 6.61 Å². The molecule has 0 aliphatic carbocycles. The zero-order valence-corrected chi connectivity index (χ0v) is 10.3. The molecule has 1 saturated heterocycles. The van der Waals surface area contributed by atoms with Gasteiger partial charge in [-0.05, 0) is 13.0 Å². The molecule has 0 saturated carbocycles. The summed E-state index contributed by atoms with van der Waals surface area (Å²) in [5.41, 5.74) is 5.77. The molecule has 8 heteroatoms. The summed E-state index contributed by atoms with van der Waals surface area (Å²) >= 11 is 0. The molecule has 1 aromatic rings. The van der Waals surface area contributed by atoms with Gasteiger partial charge >= 0.3 is 7.32 Å². The molecule has 1 atom stereocenters. The molecular formula is C11H13BFN3O3. The molecule has 1 aromatic carbocycles. The highest BCUT2D eigenvalue weighted by Gasteiger charge is 2.34. The van der Waals surface area contributed by atoms with E-state index in [4.69, 9.17) is 19.7 Å². The summed E-state index contributed by atoms with van der Waals surface area (Å²) in [6.45, 7) is 2.27. The highest BCUT2D eigenvalue weighted by atomic mass is 19.1. The quantitative estimate of drug-likeness (QED) is 0.381. The normalized spacial score (nSPS) is 20.2. The van der Waals surface area contributed by atoms with Crippen LogP contribution in [0.25, 0.3) is 0 Å². The minimum Gasteiger partial charge on any atom is -0.483 e. The predicted octanol–water partition coefficient (Wildman–Crippen LogP) is 0.911. The standard InChI is InChI=1S/C11H13BFN3O3/c1-8-7-17-12(18-8)19-11(14)16-15-6-9-4-2-3-5-10(9)13/h2-6,8H,7H2,1H3,(H2,14,16)/b15-6-. The molecule has 1 fully saturated rings. The first-order valence-corrected chi connectivity index (χ1v) is 5.70. The third kappa shape index (κ3) is 4.04. The average molecular weight is 265 g/mol. The van der Waals surface area contributed by atoms with E-state index in [-0.39, 0.29) is 12.1 Å². The van der Waals surface area contributed by atoms with E-state index in [0.29, 0.717) is 12.2 Å². The van der Waals surface area contributed by atoms with Crippen LogP contribution in [0.4, 0.5) is 4.39 Å². The van der Waals surface area contributed by atoms with Crippen molar-refractivity contribution < 1.29 is 18.4 Å². The van der Waals surface area contributed by atoms with Crippen LogP contribution in [0.3, 0.4) is 0 Å². The number of hydrogen-bond donors (Lipinski definition) is 1. The molecule has 19 heavy (non-hydrogen) atoms. The van der Waals surface area contributed by atoms with Crippen molar-refractivity contribution in [3.63, 3.8) is 0 Å². The van der Waals surface area contributed by atoms with E-state index < -0.39 is 13.1 Å². The van der Waals surface area contributed by atoms with Gasteiger partial charge in [0.05, 0.1) is 18.9 Å². The Morgan fingerprint density at radius 3 is 3.05 bits per heavy atom. The molecule has 6 nitrogen and oxygen atoms in total. The number of halogens is 1. The number of nitrogens with zero attached hydrogens (tertiary/aromatic N) is 2. The van der Waals surface area contributed by atoms with Gasteiger partial charge in [-0.25, -0.2) is 4.39 Å². The monoisotopic (exact) mass is 265 g/mol. The van der Waals surface area contributed by atoms with E-state index in [1.807, 2.05) is 6.92 Å². The van der Waals surface area contributed by atoms with Crippen LogP contribution in [0.15, 0.2) is 34.5 Å². The van der Waals surface area contributed by atoms with E-state index in [1.54, 1.807) is 18.2 Å². The summed E-state index contributed by atoms with van der Waals surface area (Å²) in [6, 6.07) is 5.95. The number of benzene rings is 1. The zero-order valence-electron chi connectivity index (χ0n) is 10.3. The second-order valence-corrected chi connectivity index (χ2v) is 3.89. The Bertz CT molecular complexity index is 498. The molecule has 1 unspecified atom stereocenters. The predicted molar refractivity (Wildman–Crippen MR) is 69.0 cm³/mol. The summed E-state index contributed by atoms with van der Waals surface area (Å²) in [6.07, 6.45) is 1.18. The first kappa shape index (κ1) is 13.5. The Kier molecular flexibility index (Phi) is 4.48. The van der Waals surface area contributed by atoms with Crippen LogP contribution < -0.4 is 5.73 Å². The van der Waals surface area contributed by atoms with Crippen molar-refractivity contribution in [2.24, 2.45) is 15.9 Å². The summed E-state index contributed by atoms with van der Waals surface area (Å²) < 4.78 is 28.6. The molecule has 0 bridgehead atoms. The number of rotatable bonds is 3. The number of hydrogen-bond acceptors (Lipinski definition) is 5. The smallest absolute Gasteiger partial charge is 0.483 e. The Balaban J connectivity index is 1.89. The lowest BCUT2D eigenvalue weighted by Gasteiger charge is -2.04. The van der Waals surface area contributed by atoms with Gasteiger partial charge in [0.1, 0.15) is 5.82 Å². The van der Waals surface area contributed by atoms with Gasteiger partial charge in [0, 0.05) is 5.56 Å². The van der Waals surface area contributed by atoms with E-state index in [2.05, 4.69) is 10.2 Å². The zero-order chi connectivity index (χ0) is 13.7. The topological polar surface area (TPSA) is 78.4 Å². The van der Waals surface area contributed by atoms with Crippen molar-refractivity contribution in [2.45, 2.75) is 13.0 Å². The van der Waals surface area contributed by atoms with Gasteiger partial charge in [-0.2, -0.15) is 5.10 Å². The van der Waals surface area contributed by atoms with Crippen molar-refractivity contribution in [3.8, 4) is 0 Å². The Hall–Kier alpha value is -1.93. The molecule has 0 radical (unpaired) electrons. The fourth-order valence-corrected chi connectivity index (χ4v) is 1.39.